The second kappa shape index (κ2) is 6.36. The highest BCUT2D eigenvalue weighted by Crippen LogP contribution is 2.42. The molecular weight excluding hydrogens is 322 g/mol. The third kappa shape index (κ3) is 3.06. The molecule has 3 atom stereocenters. The molecule has 4 rings (SSSR count). The van der Waals surface area contributed by atoms with E-state index in [2.05, 4.69) is 22.6 Å². The number of nitrogens with one attached hydrogen (secondary N) is 1. The number of hydrogen-bond acceptors (Lipinski definition) is 4. The van der Waals surface area contributed by atoms with Crippen molar-refractivity contribution >= 4 is 17.2 Å². The number of allylic oxidation sites excluding steroid dienone is 2. The maximum Gasteiger partial charge on any atom is 0.267 e. The summed E-state index contributed by atoms with van der Waals surface area (Å²) in [6, 6.07) is 7.05. The van der Waals surface area contributed by atoms with Gasteiger partial charge in [0, 0.05) is 12.6 Å². The average molecular weight is 341 g/mol. The molecule has 6 heteroatoms. The maximum atomic E-state index is 12.2. The van der Waals surface area contributed by atoms with Gasteiger partial charge in [0.25, 0.3) is 5.56 Å². The van der Waals surface area contributed by atoms with Crippen molar-refractivity contribution in [2.75, 3.05) is 6.54 Å². The molecule has 24 heavy (non-hydrogen) atoms. The number of fused-ring (bicyclic) bond motifs is 2. The monoisotopic (exact) mass is 341 g/mol. The summed E-state index contributed by atoms with van der Waals surface area (Å²) in [6.07, 6.45) is 6.96. The van der Waals surface area contributed by atoms with Gasteiger partial charge in [-0.3, -0.25) is 9.59 Å². The van der Waals surface area contributed by atoms with E-state index in [-0.39, 0.29) is 18.0 Å². The quantitative estimate of drug-likeness (QED) is 0.849. The van der Waals surface area contributed by atoms with Gasteiger partial charge in [-0.2, -0.15) is 5.10 Å². The molecule has 1 N–H and O–H groups in total. The first kappa shape index (κ1) is 15.3. The number of carbonyl (C=O) groups excluding carboxylic acids is 1. The second-order valence-electron chi connectivity index (χ2n) is 6.54. The SMILES string of the molecule is O=C(Cn1nc(-c2cccs2)ccc1=O)NC[C@@H]1C[C@@H]2C=C[C@@H]1C2. The predicted molar refractivity (Wildman–Crippen MR) is 93.7 cm³/mol. The normalized spacial score (nSPS) is 24.4. The summed E-state index contributed by atoms with van der Waals surface area (Å²) < 4.78 is 1.24. The number of nitrogens with zero attached hydrogens (tertiary/aromatic N) is 2. The highest BCUT2D eigenvalue weighted by Gasteiger charge is 2.35. The number of rotatable bonds is 5. The zero-order valence-corrected chi connectivity index (χ0v) is 14.0. The second-order valence-corrected chi connectivity index (χ2v) is 7.48. The van der Waals surface area contributed by atoms with Crippen molar-refractivity contribution in [3.8, 4) is 10.6 Å². The maximum absolute atomic E-state index is 12.2. The lowest BCUT2D eigenvalue weighted by Crippen LogP contribution is -2.36. The van der Waals surface area contributed by atoms with Crippen LogP contribution in [0.1, 0.15) is 12.8 Å². The first-order valence-corrected chi connectivity index (χ1v) is 9.14. The Morgan fingerprint density at radius 1 is 1.29 bits per heavy atom. The Hall–Kier alpha value is -2.21. The molecular formula is C18H19N3O2S. The summed E-state index contributed by atoms with van der Waals surface area (Å²) in [6.45, 7) is 0.651. The molecule has 2 aliphatic rings. The van der Waals surface area contributed by atoms with Crippen LogP contribution in [0.15, 0.2) is 46.6 Å². The van der Waals surface area contributed by atoms with Crippen molar-refractivity contribution in [3.05, 3.63) is 52.2 Å². The molecule has 0 spiro atoms. The molecule has 124 valence electrons. The van der Waals surface area contributed by atoms with Gasteiger partial charge in [-0.05, 0) is 48.1 Å². The molecule has 2 aromatic rings. The third-order valence-corrected chi connectivity index (χ3v) is 5.80. The zero-order chi connectivity index (χ0) is 16.5. The summed E-state index contributed by atoms with van der Waals surface area (Å²) in [5.74, 6) is 1.69. The van der Waals surface area contributed by atoms with E-state index in [0.717, 1.165) is 17.0 Å². The first-order chi connectivity index (χ1) is 11.7. The molecule has 2 aromatic heterocycles. The number of carbonyl (C=O) groups is 1. The van der Waals surface area contributed by atoms with Crippen LogP contribution in [-0.4, -0.2) is 22.2 Å². The van der Waals surface area contributed by atoms with E-state index in [4.69, 9.17) is 0 Å². The molecule has 2 bridgehead atoms. The van der Waals surface area contributed by atoms with Crippen molar-refractivity contribution in [2.24, 2.45) is 17.8 Å². The van der Waals surface area contributed by atoms with Gasteiger partial charge in [-0.15, -0.1) is 11.3 Å². The van der Waals surface area contributed by atoms with Crippen LogP contribution >= 0.6 is 11.3 Å². The summed E-state index contributed by atoms with van der Waals surface area (Å²) in [4.78, 5) is 25.1. The highest BCUT2D eigenvalue weighted by molar-refractivity contribution is 7.13. The van der Waals surface area contributed by atoms with Gasteiger partial charge in [0.05, 0.1) is 4.88 Å². The van der Waals surface area contributed by atoms with Crippen molar-refractivity contribution < 1.29 is 4.79 Å². The van der Waals surface area contributed by atoms with Gasteiger partial charge >= 0.3 is 0 Å². The fourth-order valence-corrected chi connectivity index (χ4v) is 4.37. The van der Waals surface area contributed by atoms with E-state index in [0.29, 0.717) is 24.3 Å². The number of amides is 1. The largest absolute Gasteiger partial charge is 0.354 e. The lowest BCUT2D eigenvalue weighted by Gasteiger charge is -2.18. The van der Waals surface area contributed by atoms with Crippen LogP contribution in [0.4, 0.5) is 0 Å². The van der Waals surface area contributed by atoms with E-state index < -0.39 is 0 Å². The number of aromatic nitrogens is 2. The van der Waals surface area contributed by atoms with Crippen molar-refractivity contribution in [3.63, 3.8) is 0 Å². The van der Waals surface area contributed by atoms with Crippen molar-refractivity contribution in [2.45, 2.75) is 19.4 Å². The Morgan fingerprint density at radius 3 is 2.92 bits per heavy atom. The molecule has 1 fully saturated rings. The summed E-state index contributed by atoms with van der Waals surface area (Å²) in [7, 11) is 0. The Labute approximate surface area is 144 Å². The van der Waals surface area contributed by atoms with Gasteiger partial charge in [0.2, 0.25) is 5.91 Å². The topological polar surface area (TPSA) is 64.0 Å². The van der Waals surface area contributed by atoms with Gasteiger partial charge in [0.1, 0.15) is 12.2 Å². The van der Waals surface area contributed by atoms with E-state index in [1.165, 1.54) is 17.2 Å². The van der Waals surface area contributed by atoms with Gasteiger partial charge < -0.3 is 5.32 Å². The highest BCUT2D eigenvalue weighted by atomic mass is 32.1. The summed E-state index contributed by atoms with van der Waals surface area (Å²) >= 11 is 1.56. The Kier molecular flexibility index (Phi) is 4.06. The molecule has 5 nitrogen and oxygen atoms in total. The standard InChI is InChI=1S/C18H19N3O2S/c22-17(19-10-14-9-12-3-4-13(14)8-12)11-21-18(23)6-5-15(20-21)16-2-1-7-24-16/h1-7,12-14H,8-11H2,(H,19,22)/t12-,13-,14+/m1/s1. The number of hydrogen-bond donors (Lipinski definition) is 1. The van der Waals surface area contributed by atoms with Crippen LogP contribution in [0.2, 0.25) is 0 Å². The number of thiophene rings is 1. The average Bonchev–Trinajstić information content (AvgIpc) is 3.32. The van der Waals surface area contributed by atoms with E-state index >= 15 is 0 Å². The third-order valence-electron chi connectivity index (χ3n) is 4.91. The minimum atomic E-state index is -0.256. The lowest BCUT2D eigenvalue weighted by atomic mass is 9.94. The van der Waals surface area contributed by atoms with Crippen LogP contribution < -0.4 is 10.9 Å². The molecule has 0 unspecified atom stereocenters. The Morgan fingerprint density at radius 2 is 2.21 bits per heavy atom. The molecule has 1 saturated carbocycles. The van der Waals surface area contributed by atoms with E-state index in [1.54, 1.807) is 17.4 Å². The van der Waals surface area contributed by atoms with E-state index in [9.17, 15) is 9.59 Å². The Balaban J connectivity index is 1.39. The minimum absolute atomic E-state index is 0.0330. The molecule has 0 aliphatic heterocycles. The van der Waals surface area contributed by atoms with Crippen LogP contribution in [0.25, 0.3) is 10.6 Å². The molecule has 0 radical (unpaired) electrons. The summed E-state index contributed by atoms with van der Waals surface area (Å²) in [5.41, 5.74) is 0.462. The fraction of sp³-hybridized carbons (Fsp3) is 0.389. The van der Waals surface area contributed by atoms with Crippen LogP contribution in [-0.2, 0) is 11.3 Å². The fourth-order valence-electron chi connectivity index (χ4n) is 3.68. The molecule has 2 aliphatic carbocycles. The molecule has 1 amide bonds. The van der Waals surface area contributed by atoms with E-state index in [1.807, 2.05) is 17.5 Å². The first-order valence-electron chi connectivity index (χ1n) is 8.26. The van der Waals surface area contributed by atoms with Gasteiger partial charge in [-0.25, -0.2) is 4.68 Å². The van der Waals surface area contributed by atoms with Crippen LogP contribution in [0, 0.1) is 17.8 Å². The van der Waals surface area contributed by atoms with Gasteiger partial charge in [-0.1, -0.05) is 18.2 Å². The molecule has 2 heterocycles. The summed E-state index contributed by atoms with van der Waals surface area (Å²) in [5, 5.41) is 9.25. The van der Waals surface area contributed by atoms with Crippen molar-refractivity contribution in [1.82, 2.24) is 15.1 Å². The molecule has 0 aromatic carbocycles. The minimum Gasteiger partial charge on any atom is -0.354 e. The Bertz CT molecular complexity index is 825. The molecule has 0 saturated heterocycles. The zero-order valence-electron chi connectivity index (χ0n) is 13.2. The van der Waals surface area contributed by atoms with Crippen molar-refractivity contribution in [1.29, 1.82) is 0 Å². The smallest absolute Gasteiger partial charge is 0.267 e. The van der Waals surface area contributed by atoms with Gasteiger partial charge in [0.15, 0.2) is 0 Å². The predicted octanol–water partition coefficient (Wildman–Crippen LogP) is 2.30. The lowest BCUT2D eigenvalue weighted by molar-refractivity contribution is -0.122. The van der Waals surface area contributed by atoms with Crippen LogP contribution in [0.3, 0.4) is 0 Å². The van der Waals surface area contributed by atoms with Crippen LogP contribution in [0.5, 0.6) is 0 Å².